The van der Waals surface area contributed by atoms with Crippen molar-refractivity contribution in [1.29, 1.82) is 0 Å². The predicted molar refractivity (Wildman–Crippen MR) is 81.6 cm³/mol. The highest BCUT2D eigenvalue weighted by Crippen LogP contribution is 2.06. The van der Waals surface area contributed by atoms with E-state index < -0.39 is 10.0 Å². The first-order valence-corrected chi connectivity index (χ1v) is 8.18. The van der Waals surface area contributed by atoms with Crippen LogP contribution in [-0.2, 0) is 10.0 Å². The second-order valence-electron chi connectivity index (χ2n) is 4.65. The van der Waals surface area contributed by atoms with E-state index in [0.717, 1.165) is 26.2 Å². The number of hydrogen-bond donors (Lipinski definition) is 2. The van der Waals surface area contributed by atoms with E-state index in [1.165, 1.54) is 12.1 Å². The average Bonchev–Trinajstić information content (AvgIpc) is 2.42. The second kappa shape index (κ2) is 6.49. The zero-order valence-corrected chi connectivity index (χ0v) is 12.9. The quantitative estimate of drug-likeness (QED) is 0.766. The lowest BCUT2D eigenvalue weighted by atomic mass is 10.4. The molecule has 110 valence electrons. The molecule has 2 rings (SSSR count). The maximum Gasteiger partial charge on any atom is 0.263 e. The number of thiocarbonyl (C=S) groups is 1. The fraction of sp³-hybridized carbons (Fsp3) is 0.417. The highest BCUT2D eigenvalue weighted by molar-refractivity contribution is 7.91. The normalized spacial score (nSPS) is 17.6. The van der Waals surface area contributed by atoms with Gasteiger partial charge in [-0.15, -0.1) is 0 Å². The Morgan fingerprint density at radius 3 is 2.35 bits per heavy atom. The maximum atomic E-state index is 12.1. The fourth-order valence-corrected chi connectivity index (χ4v) is 3.25. The van der Waals surface area contributed by atoms with Gasteiger partial charge in [-0.05, 0) is 31.4 Å². The van der Waals surface area contributed by atoms with Crippen LogP contribution >= 0.6 is 12.2 Å². The monoisotopic (exact) mass is 314 g/mol. The Kier molecular flexibility index (Phi) is 4.92. The summed E-state index contributed by atoms with van der Waals surface area (Å²) in [6.07, 6.45) is 0. The van der Waals surface area contributed by atoms with Crippen molar-refractivity contribution in [3.63, 3.8) is 0 Å². The van der Waals surface area contributed by atoms with E-state index in [-0.39, 0.29) is 10.0 Å². The fourth-order valence-electron chi connectivity index (χ4n) is 1.87. The molecule has 20 heavy (non-hydrogen) atoms. The standard InChI is InChI=1S/C12H18N4O2S2/c1-15-7-9-16(10-8-15)13-12(19)14-20(17,18)11-5-3-2-4-6-11/h2-6H,7-10H2,1H3,(H2,13,14,19). The summed E-state index contributed by atoms with van der Waals surface area (Å²) in [4.78, 5) is 2.40. The van der Waals surface area contributed by atoms with Gasteiger partial charge >= 0.3 is 0 Å². The summed E-state index contributed by atoms with van der Waals surface area (Å²) in [6, 6.07) is 8.17. The summed E-state index contributed by atoms with van der Waals surface area (Å²) in [5, 5.41) is 2.01. The van der Waals surface area contributed by atoms with Gasteiger partial charge in [0.25, 0.3) is 10.0 Å². The lowest BCUT2D eigenvalue weighted by Crippen LogP contribution is -2.55. The summed E-state index contributed by atoms with van der Waals surface area (Å²) >= 11 is 5.06. The van der Waals surface area contributed by atoms with Gasteiger partial charge in [-0.25, -0.2) is 13.4 Å². The number of hydrogen-bond acceptors (Lipinski definition) is 5. The number of rotatable bonds is 3. The van der Waals surface area contributed by atoms with Crippen LogP contribution in [0.25, 0.3) is 0 Å². The molecule has 0 spiro atoms. The van der Waals surface area contributed by atoms with Crippen molar-refractivity contribution >= 4 is 27.4 Å². The van der Waals surface area contributed by atoms with E-state index in [9.17, 15) is 8.42 Å². The molecular weight excluding hydrogens is 296 g/mol. The molecule has 2 N–H and O–H groups in total. The van der Waals surface area contributed by atoms with Crippen molar-refractivity contribution in [1.82, 2.24) is 20.1 Å². The molecule has 1 aromatic carbocycles. The summed E-state index contributed by atoms with van der Waals surface area (Å²) in [5.41, 5.74) is 2.91. The van der Waals surface area contributed by atoms with Gasteiger partial charge in [0.2, 0.25) is 0 Å². The van der Waals surface area contributed by atoms with Crippen LogP contribution in [0.15, 0.2) is 35.2 Å². The van der Waals surface area contributed by atoms with Gasteiger partial charge in [0.05, 0.1) is 4.90 Å². The van der Waals surface area contributed by atoms with Crippen LogP contribution in [0.3, 0.4) is 0 Å². The van der Waals surface area contributed by atoms with Crippen LogP contribution in [0.2, 0.25) is 0 Å². The molecular formula is C12H18N4O2S2. The van der Waals surface area contributed by atoms with Crippen LogP contribution in [-0.4, -0.2) is 56.7 Å². The molecule has 0 radical (unpaired) electrons. The third-order valence-electron chi connectivity index (χ3n) is 3.04. The molecule has 1 fully saturated rings. The summed E-state index contributed by atoms with van der Waals surface area (Å²) in [7, 11) is -1.56. The van der Waals surface area contributed by atoms with Crippen molar-refractivity contribution in [2.24, 2.45) is 0 Å². The number of nitrogens with zero attached hydrogens (tertiary/aromatic N) is 2. The van der Waals surface area contributed by atoms with Gasteiger partial charge in [0.1, 0.15) is 0 Å². The SMILES string of the molecule is CN1CCN(NC(=S)NS(=O)(=O)c2ccccc2)CC1. The van der Waals surface area contributed by atoms with Gasteiger partial charge in [-0.1, -0.05) is 18.2 Å². The minimum Gasteiger partial charge on any atom is -0.304 e. The topological polar surface area (TPSA) is 64.7 Å². The van der Waals surface area contributed by atoms with Crippen molar-refractivity contribution in [2.45, 2.75) is 4.90 Å². The number of nitrogens with one attached hydrogen (secondary N) is 2. The Morgan fingerprint density at radius 2 is 1.75 bits per heavy atom. The van der Waals surface area contributed by atoms with Crippen LogP contribution in [0, 0.1) is 0 Å². The molecule has 8 heteroatoms. The summed E-state index contributed by atoms with van der Waals surface area (Å²) in [5.74, 6) is 0. The lowest BCUT2D eigenvalue weighted by Gasteiger charge is -2.33. The molecule has 0 bridgehead atoms. The molecule has 1 heterocycles. The van der Waals surface area contributed by atoms with E-state index in [4.69, 9.17) is 12.2 Å². The Balaban J connectivity index is 1.91. The van der Waals surface area contributed by atoms with Crippen LogP contribution < -0.4 is 10.1 Å². The largest absolute Gasteiger partial charge is 0.304 e. The first kappa shape index (κ1) is 15.2. The minimum atomic E-state index is -3.61. The van der Waals surface area contributed by atoms with Gasteiger partial charge in [-0.3, -0.25) is 10.1 Å². The number of benzene rings is 1. The number of sulfonamides is 1. The average molecular weight is 314 g/mol. The van der Waals surface area contributed by atoms with Crippen molar-refractivity contribution in [3.8, 4) is 0 Å². The first-order chi connectivity index (χ1) is 9.47. The number of likely N-dealkylation sites (N-methyl/N-ethyl adjacent to an activating group) is 1. The molecule has 6 nitrogen and oxygen atoms in total. The highest BCUT2D eigenvalue weighted by Gasteiger charge is 2.18. The number of hydrazine groups is 1. The molecule has 0 unspecified atom stereocenters. The van der Waals surface area contributed by atoms with E-state index in [0.29, 0.717) is 0 Å². The molecule has 1 aliphatic heterocycles. The molecule has 1 aromatic rings. The van der Waals surface area contributed by atoms with Gasteiger partial charge in [0, 0.05) is 26.2 Å². The van der Waals surface area contributed by atoms with Crippen LogP contribution in [0.1, 0.15) is 0 Å². The first-order valence-electron chi connectivity index (χ1n) is 6.29. The minimum absolute atomic E-state index is 0.0957. The molecule has 0 aromatic heterocycles. The second-order valence-corrected chi connectivity index (χ2v) is 6.74. The molecule has 1 aliphatic rings. The predicted octanol–water partition coefficient (Wildman–Crippen LogP) is 0.00180. The summed E-state index contributed by atoms with van der Waals surface area (Å²) in [6.45, 7) is 3.43. The van der Waals surface area contributed by atoms with Crippen LogP contribution in [0.4, 0.5) is 0 Å². The molecule has 0 aliphatic carbocycles. The Labute approximate surface area is 124 Å². The van der Waals surface area contributed by atoms with Crippen LogP contribution in [0.5, 0.6) is 0 Å². The van der Waals surface area contributed by atoms with E-state index in [2.05, 4.69) is 15.0 Å². The molecule has 0 amide bonds. The smallest absolute Gasteiger partial charge is 0.263 e. The zero-order chi connectivity index (χ0) is 14.6. The van der Waals surface area contributed by atoms with E-state index >= 15 is 0 Å². The Bertz CT molecular complexity index is 554. The lowest BCUT2D eigenvalue weighted by molar-refractivity contribution is 0.131. The third kappa shape index (κ3) is 4.14. The molecule has 0 saturated carbocycles. The third-order valence-corrected chi connectivity index (χ3v) is 4.73. The van der Waals surface area contributed by atoms with Crippen molar-refractivity contribution in [3.05, 3.63) is 30.3 Å². The maximum absolute atomic E-state index is 12.1. The Morgan fingerprint density at radius 1 is 1.15 bits per heavy atom. The zero-order valence-electron chi connectivity index (χ0n) is 11.2. The highest BCUT2D eigenvalue weighted by atomic mass is 32.2. The van der Waals surface area contributed by atoms with Gasteiger partial charge < -0.3 is 4.90 Å². The molecule has 0 atom stereocenters. The molecule has 1 saturated heterocycles. The summed E-state index contributed by atoms with van der Waals surface area (Å²) < 4.78 is 26.5. The van der Waals surface area contributed by atoms with Crippen molar-refractivity contribution < 1.29 is 8.42 Å². The van der Waals surface area contributed by atoms with Crippen molar-refractivity contribution in [2.75, 3.05) is 33.2 Å². The van der Waals surface area contributed by atoms with Gasteiger partial charge in [-0.2, -0.15) is 0 Å². The van der Waals surface area contributed by atoms with E-state index in [1.807, 2.05) is 12.1 Å². The van der Waals surface area contributed by atoms with Gasteiger partial charge in [0.15, 0.2) is 5.11 Å². The Hall–Kier alpha value is -1.22. The van der Waals surface area contributed by atoms with E-state index in [1.54, 1.807) is 18.2 Å². The number of piperazine rings is 1.